The third-order valence-electron chi connectivity index (χ3n) is 7.64. The predicted molar refractivity (Wildman–Crippen MR) is 150 cm³/mol. The fraction of sp³-hybridized carbons (Fsp3) is 0.276. The lowest BCUT2D eigenvalue weighted by Gasteiger charge is -2.27. The summed E-state index contributed by atoms with van der Waals surface area (Å²) in [6.07, 6.45) is 5.23. The quantitative estimate of drug-likeness (QED) is 0.320. The van der Waals surface area contributed by atoms with Crippen LogP contribution in [0.5, 0.6) is 0 Å². The number of hydrogen-bond acceptors (Lipinski definition) is 7. The number of para-hydroxylation sites is 1. The molecule has 39 heavy (non-hydrogen) atoms. The van der Waals surface area contributed by atoms with Gasteiger partial charge in [-0.25, -0.2) is 16.8 Å². The Hall–Kier alpha value is -3.31. The van der Waals surface area contributed by atoms with Crippen LogP contribution >= 0.6 is 0 Å². The zero-order valence-corrected chi connectivity index (χ0v) is 23.7. The van der Waals surface area contributed by atoms with E-state index in [0.717, 1.165) is 21.9 Å². The van der Waals surface area contributed by atoms with Crippen molar-refractivity contribution >= 4 is 48.1 Å². The van der Waals surface area contributed by atoms with Gasteiger partial charge in [-0.3, -0.25) is 0 Å². The Morgan fingerprint density at radius 1 is 0.846 bits per heavy atom. The summed E-state index contributed by atoms with van der Waals surface area (Å²) in [6.45, 7) is 7.87. The van der Waals surface area contributed by atoms with Crippen molar-refractivity contribution in [3.63, 3.8) is 0 Å². The van der Waals surface area contributed by atoms with Crippen LogP contribution in [0.4, 0.5) is 11.4 Å². The number of rotatable bonds is 6. The second kappa shape index (κ2) is 9.12. The normalized spacial score (nSPS) is 19.3. The van der Waals surface area contributed by atoms with Crippen LogP contribution in [0.15, 0.2) is 84.6 Å². The average molecular weight is 566 g/mol. The molecule has 0 unspecified atom stereocenters. The molecule has 3 aromatic rings. The Morgan fingerprint density at radius 3 is 2.21 bits per heavy atom. The maximum absolute atomic E-state index is 11.9. The molecule has 0 bridgehead atoms. The van der Waals surface area contributed by atoms with Gasteiger partial charge in [0, 0.05) is 34.5 Å². The SMILES string of the molecule is CC1(C)C(=CC=CC2=[N+](CS(=O)(=O)[O-])c3ccc4ccccc4c3C2(C)C)N(CS(=O)(=O)[O-])c2ccccc21. The Balaban J connectivity index is 1.65. The molecule has 8 nitrogen and oxygen atoms in total. The van der Waals surface area contributed by atoms with Gasteiger partial charge < -0.3 is 14.0 Å². The first kappa shape index (κ1) is 27.3. The summed E-state index contributed by atoms with van der Waals surface area (Å²) in [5.74, 6) is -1.44. The van der Waals surface area contributed by atoms with Crippen LogP contribution in [0.25, 0.3) is 10.8 Å². The fourth-order valence-electron chi connectivity index (χ4n) is 6.00. The first-order valence-electron chi connectivity index (χ1n) is 12.4. The Morgan fingerprint density at radius 2 is 1.51 bits per heavy atom. The lowest BCUT2D eigenvalue weighted by Crippen LogP contribution is -2.31. The maximum Gasteiger partial charge on any atom is 0.237 e. The van der Waals surface area contributed by atoms with E-state index in [1.165, 1.54) is 9.48 Å². The highest BCUT2D eigenvalue weighted by Gasteiger charge is 2.46. The lowest BCUT2D eigenvalue weighted by molar-refractivity contribution is -0.416. The molecule has 2 aliphatic rings. The van der Waals surface area contributed by atoms with Gasteiger partial charge >= 0.3 is 0 Å². The van der Waals surface area contributed by atoms with Crippen molar-refractivity contribution in [2.24, 2.45) is 0 Å². The smallest absolute Gasteiger partial charge is 0.237 e. The van der Waals surface area contributed by atoms with E-state index >= 15 is 0 Å². The molecule has 0 N–H and O–H groups in total. The van der Waals surface area contributed by atoms with Gasteiger partial charge in [0.25, 0.3) is 0 Å². The summed E-state index contributed by atoms with van der Waals surface area (Å²) < 4.78 is 72.7. The molecule has 0 aromatic heterocycles. The lowest BCUT2D eigenvalue weighted by atomic mass is 9.79. The number of anilines is 1. The highest BCUT2D eigenvalue weighted by molar-refractivity contribution is 7.85. The Labute approximate surface area is 229 Å². The zero-order valence-electron chi connectivity index (χ0n) is 22.1. The zero-order chi connectivity index (χ0) is 28.4. The molecule has 10 heteroatoms. The molecule has 5 rings (SSSR count). The van der Waals surface area contributed by atoms with Gasteiger partial charge in [0.15, 0.2) is 15.8 Å². The van der Waals surface area contributed by atoms with Crippen molar-refractivity contribution in [1.82, 2.24) is 0 Å². The molecule has 0 spiro atoms. The highest BCUT2D eigenvalue weighted by Crippen LogP contribution is 2.48. The van der Waals surface area contributed by atoms with Gasteiger partial charge in [0.1, 0.15) is 16.0 Å². The van der Waals surface area contributed by atoms with E-state index in [2.05, 4.69) is 0 Å². The van der Waals surface area contributed by atoms with Gasteiger partial charge in [-0.15, -0.1) is 0 Å². The van der Waals surface area contributed by atoms with Crippen LogP contribution in [-0.4, -0.2) is 48.0 Å². The van der Waals surface area contributed by atoms with Crippen molar-refractivity contribution in [3.05, 3.63) is 95.7 Å². The molecular weight excluding hydrogens is 536 g/mol. The van der Waals surface area contributed by atoms with Gasteiger partial charge in [0.2, 0.25) is 11.6 Å². The molecule has 2 heterocycles. The van der Waals surface area contributed by atoms with Gasteiger partial charge in [-0.2, -0.15) is 4.58 Å². The molecule has 0 fully saturated rings. The molecule has 0 saturated carbocycles. The molecule has 0 saturated heterocycles. The minimum atomic E-state index is -4.62. The topological polar surface area (TPSA) is 121 Å². The number of allylic oxidation sites excluding steroid dienone is 4. The summed E-state index contributed by atoms with van der Waals surface area (Å²) in [6, 6.07) is 18.9. The van der Waals surface area contributed by atoms with Crippen LogP contribution in [0, 0.1) is 0 Å². The molecule has 204 valence electrons. The Kier molecular flexibility index (Phi) is 6.38. The van der Waals surface area contributed by atoms with Crippen molar-refractivity contribution in [1.29, 1.82) is 0 Å². The standard InChI is InChI=1S/C29H30N2O6S2/c1-28(2)22-12-7-8-13-23(22)30(18-38(32,33)34)25(28)14-9-15-26-29(3,4)27-21-11-6-5-10-20(21)16-17-24(27)31(26)19-39(35,36)37/h5-17H,18-19H2,1-4H3,(H-,32,33,34,35,36,37)/p-1. The van der Waals surface area contributed by atoms with Gasteiger partial charge in [-0.05, 0) is 48.4 Å². The second-order valence-corrected chi connectivity index (χ2v) is 13.7. The summed E-state index contributed by atoms with van der Waals surface area (Å²) in [5.41, 5.74) is 3.08. The minimum absolute atomic E-state index is 0.599. The molecule has 0 amide bonds. The van der Waals surface area contributed by atoms with E-state index in [1.54, 1.807) is 30.4 Å². The molecule has 2 aliphatic heterocycles. The fourth-order valence-corrected chi connectivity index (χ4v) is 7.19. The summed E-state index contributed by atoms with van der Waals surface area (Å²) in [7, 11) is -9.20. The molecule has 0 radical (unpaired) electrons. The summed E-state index contributed by atoms with van der Waals surface area (Å²) in [5, 5.41) is 1.97. The largest absolute Gasteiger partial charge is 0.747 e. The monoisotopic (exact) mass is 565 g/mol. The molecule has 0 aliphatic carbocycles. The molecular formula is C29H29N2O6S2-. The number of hydrogen-bond donors (Lipinski definition) is 0. The third-order valence-corrected chi connectivity index (χ3v) is 8.78. The maximum atomic E-state index is 11.9. The van der Waals surface area contributed by atoms with E-state index in [0.29, 0.717) is 22.8 Å². The molecule has 0 atom stereocenters. The van der Waals surface area contributed by atoms with E-state index < -0.39 is 42.8 Å². The van der Waals surface area contributed by atoms with Crippen LogP contribution in [0.1, 0.15) is 38.8 Å². The van der Waals surface area contributed by atoms with Gasteiger partial charge in [-0.1, -0.05) is 62.4 Å². The predicted octanol–water partition coefficient (Wildman–Crippen LogP) is 4.46. The van der Waals surface area contributed by atoms with Gasteiger partial charge in [0.05, 0.1) is 5.41 Å². The first-order valence-corrected chi connectivity index (χ1v) is 15.6. The van der Waals surface area contributed by atoms with E-state index in [-0.39, 0.29) is 0 Å². The van der Waals surface area contributed by atoms with Crippen LogP contribution in [-0.2, 0) is 31.1 Å². The summed E-state index contributed by atoms with van der Waals surface area (Å²) in [4.78, 5) is 1.51. The first-order chi connectivity index (χ1) is 18.1. The number of benzene rings is 3. The minimum Gasteiger partial charge on any atom is -0.747 e. The van der Waals surface area contributed by atoms with Crippen molar-refractivity contribution in [3.8, 4) is 0 Å². The third kappa shape index (κ3) is 4.82. The highest BCUT2D eigenvalue weighted by atomic mass is 32.2. The van der Waals surface area contributed by atoms with E-state index in [9.17, 15) is 25.9 Å². The van der Waals surface area contributed by atoms with Crippen molar-refractivity contribution in [2.75, 3.05) is 16.7 Å². The number of nitrogens with zero attached hydrogens (tertiary/aromatic N) is 2. The molecule has 3 aromatic carbocycles. The van der Waals surface area contributed by atoms with E-state index in [4.69, 9.17) is 0 Å². The second-order valence-electron chi connectivity index (χ2n) is 11.0. The van der Waals surface area contributed by atoms with Crippen LogP contribution < -0.4 is 4.90 Å². The van der Waals surface area contributed by atoms with Crippen molar-refractivity contribution < 1.29 is 30.5 Å². The van der Waals surface area contributed by atoms with Crippen LogP contribution in [0.2, 0.25) is 0 Å². The number of fused-ring (bicyclic) bond motifs is 4. The van der Waals surface area contributed by atoms with Crippen molar-refractivity contribution in [2.45, 2.75) is 38.5 Å². The Bertz CT molecular complexity index is 1820. The summed E-state index contributed by atoms with van der Waals surface area (Å²) >= 11 is 0. The van der Waals surface area contributed by atoms with E-state index in [1.807, 2.05) is 76.2 Å². The average Bonchev–Trinajstić information content (AvgIpc) is 3.17. The van der Waals surface area contributed by atoms with Crippen LogP contribution in [0.3, 0.4) is 0 Å².